The Morgan fingerprint density at radius 3 is 2.94 bits per heavy atom. The average molecular weight is 255 g/mol. The van der Waals surface area contributed by atoms with Crippen molar-refractivity contribution in [2.75, 3.05) is 39.3 Å². The second-order valence-electron chi connectivity index (χ2n) is 4.35. The molecule has 0 aromatic heterocycles. The highest BCUT2D eigenvalue weighted by Gasteiger charge is 2.36. The van der Waals surface area contributed by atoms with E-state index in [1.807, 2.05) is 0 Å². The maximum Gasteiger partial charge on any atom is 0.317 e. The zero-order valence-electron chi connectivity index (χ0n) is 10.0. The molecule has 2 heterocycles. The monoisotopic (exact) mass is 255 g/mol. The summed E-state index contributed by atoms with van der Waals surface area (Å²) in [5, 5.41) is 5.19. The van der Waals surface area contributed by atoms with Gasteiger partial charge in [-0.05, 0) is 0 Å². The van der Waals surface area contributed by atoms with Crippen LogP contribution >= 0.6 is 0 Å². The Balaban J connectivity index is 1.82. The summed E-state index contributed by atoms with van der Waals surface area (Å²) in [5.74, 6) is -0.490. The summed E-state index contributed by atoms with van der Waals surface area (Å²) >= 11 is 0. The predicted octanol–water partition coefficient (Wildman–Crippen LogP) is -2.70. The van der Waals surface area contributed by atoms with Crippen LogP contribution in [-0.2, 0) is 9.59 Å². The molecular weight excluding hydrogens is 238 g/mol. The number of nitrogens with two attached hydrogens (primary N) is 1. The molecule has 0 aromatic rings. The number of rotatable bonds is 3. The molecule has 0 radical (unpaired) electrons. The smallest absolute Gasteiger partial charge is 0.317 e. The summed E-state index contributed by atoms with van der Waals surface area (Å²) in [5.41, 5.74) is 5.13. The molecule has 2 aliphatic heterocycles. The molecule has 4 N–H and O–H groups in total. The summed E-state index contributed by atoms with van der Waals surface area (Å²) in [7, 11) is 0. The van der Waals surface area contributed by atoms with Crippen LogP contribution in [0.2, 0.25) is 0 Å². The number of nitrogens with zero attached hydrogens (tertiary/aromatic N) is 2. The summed E-state index contributed by atoms with van der Waals surface area (Å²) in [4.78, 5) is 37.6. The normalized spacial score (nSPS) is 22.5. The van der Waals surface area contributed by atoms with E-state index in [0.717, 1.165) is 0 Å². The zero-order chi connectivity index (χ0) is 13.1. The molecule has 0 bridgehead atoms. The van der Waals surface area contributed by atoms with Crippen molar-refractivity contribution in [2.45, 2.75) is 6.04 Å². The van der Waals surface area contributed by atoms with Crippen LogP contribution in [0.1, 0.15) is 0 Å². The summed E-state index contributed by atoms with van der Waals surface area (Å²) in [6.45, 7) is 1.95. The van der Waals surface area contributed by atoms with Gasteiger partial charge in [0.2, 0.25) is 11.8 Å². The van der Waals surface area contributed by atoms with E-state index in [1.54, 1.807) is 9.80 Å². The standard InChI is InChI=1S/C10H17N5O3/c11-3-8(16)12-5-9(17)14-1-2-15-7(6-14)4-13-10(15)18/h7H,1-6,11H2,(H,12,16)(H,13,18). The predicted molar refractivity (Wildman–Crippen MR) is 62.5 cm³/mol. The summed E-state index contributed by atoms with van der Waals surface area (Å²) in [6.07, 6.45) is 0. The number of nitrogens with one attached hydrogen (secondary N) is 2. The van der Waals surface area contributed by atoms with Gasteiger partial charge in [0.15, 0.2) is 0 Å². The van der Waals surface area contributed by atoms with Crippen molar-refractivity contribution in [3.8, 4) is 0 Å². The second-order valence-corrected chi connectivity index (χ2v) is 4.35. The largest absolute Gasteiger partial charge is 0.346 e. The van der Waals surface area contributed by atoms with Crippen LogP contribution in [0.5, 0.6) is 0 Å². The lowest BCUT2D eigenvalue weighted by Gasteiger charge is -2.36. The molecule has 8 heteroatoms. The third kappa shape index (κ3) is 2.53. The number of urea groups is 1. The second kappa shape index (κ2) is 5.21. The minimum absolute atomic E-state index is 0.0376. The number of piperazine rings is 1. The summed E-state index contributed by atoms with van der Waals surface area (Å²) in [6, 6.07) is -0.0241. The van der Waals surface area contributed by atoms with Gasteiger partial charge in [-0.25, -0.2) is 4.79 Å². The Morgan fingerprint density at radius 1 is 1.44 bits per heavy atom. The fourth-order valence-corrected chi connectivity index (χ4v) is 2.19. The zero-order valence-corrected chi connectivity index (χ0v) is 10.0. The van der Waals surface area contributed by atoms with E-state index in [0.29, 0.717) is 26.2 Å². The first-order valence-corrected chi connectivity index (χ1v) is 5.91. The minimum atomic E-state index is -0.348. The SMILES string of the molecule is NCC(=O)NCC(=O)N1CCN2C(=O)NCC2C1. The highest BCUT2D eigenvalue weighted by atomic mass is 16.2. The maximum absolute atomic E-state index is 11.8. The molecule has 0 saturated carbocycles. The number of carbonyl (C=O) groups is 3. The lowest BCUT2D eigenvalue weighted by molar-refractivity contribution is -0.134. The van der Waals surface area contributed by atoms with Crippen molar-refractivity contribution in [1.29, 1.82) is 0 Å². The van der Waals surface area contributed by atoms with E-state index in [2.05, 4.69) is 10.6 Å². The van der Waals surface area contributed by atoms with Gasteiger partial charge in [0.05, 0.1) is 19.1 Å². The van der Waals surface area contributed by atoms with Crippen molar-refractivity contribution in [3.63, 3.8) is 0 Å². The van der Waals surface area contributed by atoms with Crippen molar-refractivity contribution >= 4 is 17.8 Å². The molecule has 0 spiro atoms. The van der Waals surface area contributed by atoms with Crippen LogP contribution in [0.15, 0.2) is 0 Å². The average Bonchev–Trinajstić information content (AvgIpc) is 2.76. The Kier molecular flexibility index (Phi) is 3.66. The van der Waals surface area contributed by atoms with E-state index in [4.69, 9.17) is 5.73 Å². The fraction of sp³-hybridized carbons (Fsp3) is 0.700. The Hall–Kier alpha value is -1.83. The van der Waals surface area contributed by atoms with Crippen LogP contribution < -0.4 is 16.4 Å². The minimum Gasteiger partial charge on any atom is -0.346 e. The first kappa shape index (κ1) is 12.6. The molecule has 1 unspecified atom stereocenters. The number of hydrogen-bond acceptors (Lipinski definition) is 4. The number of amides is 4. The highest BCUT2D eigenvalue weighted by Crippen LogP contribution is 2.13. The first-order valence-electron chi connectivity index (χ1n) is 5.91. The number of fused-ring (bicyclic) bond motifs is 1. The Labute approximate surface area is 104 Å². The van der Waals surface area contributed by atoms with Gasteiger partial charge in [-0.1, -0.05) is 0 Å². The Bertz CT molecular complexity index is 373. The van der Waals surface area contributed by atoms with Crippen molar-refractivity contribution in [3.05, 3.63) is 0 Å². The van der Waals surface area contributed by atoms with Gasteiger partial charge >= 0.3 is 6.03 Å². The van der Waals surface area contributed by atoms with E-state index in [-0.39, 0.29) is 37.0 Å². The van der Waals surface area contributed by atoms with Gasteiger partial charge in [-0.15, -0.1) is 0 Å². The van der Waals surface area contributed by atoms with Crippen molar-refractivity contribution in [1.82, 2.24) is 20.4 Å². The number of hydrogen-bond donors (Lipinski definition) is 3. The molecule has 2 fully saturated rings. The molecule has 4 amide bonds. The van der Waals surface area contributed by atoms with Gasteiger partial charge in [0, 0.05) is 26.2 Å². The Morgan fingerprint density at radius 2 is 2.22 bits per heavy atom. The molecule has 1 atom stereocenters. The molecule has 2 rings (SSSR count). The molecule has 100 valence electrons. The lowest BCUT2D eigenvalue weighted by atomic mass is 10.2. The molecule has 0 aliphatic carbocycles. The van der Waals surface area contributed by atoms with Gasteiger partial charge in [0.25, 0.3) is 0 Å². The van der Waals surface area contributed by atoms with Crippen LogP contribution in [0.4, 0.5) is 4.79 Å². The first-order chi connectivity index (χ1) is 8.61. The lowest BCUT2D eigenvalue weighted by Crippen LogP contribution is -2.55. The summed E-state index contributed by atoms with van der Waals surface area (Å²) < 4.78 is 0. The van der Waals surface area contributed by atoms with Gasteiger partial charge in [-0.2, -0.15) is 0 Å². The van der Waals surface area contributed by atoms with Crippen LogP contribution in [0.25, 0.3) is 0 Å². The van der Waals surface area contributed by atoms with E-state index in [1.165, 1.54) is 0 Å². The molecular formula is C10H17N5O3. The molecule has 2 aliphatic rings. The molecule has 2 saturated heterocycles. The topological polar surface area (TPSA) is 108 Å². The number of carbonyl (C=O) groups excluding carboxylic acids is 3. The van der Waals surface area contributed by atoms with Crippen molar-refractivity contribution in [2.24, 2.45) is 5.73 Å². The van der Waals surface area contributed by atoms with Gasteiger partial charge < -0.3 is 26.2 Å². The quantitative estimate of drug-likeness (QED) is 0.510. The van der Waals surface area contributed by atoms with Crippen LogP contribution in [0.3, 0.4) is 0 Å². The van der Waals surface area contributed by atoms with E-state index < -0.39 is 0 Å². The van der Waals surface area contributed by atoms with Crippen LogP contribution in [-0.4, -0.2) is 73.0 Å². The molecule has 0 aromatic carbocycles. The van der Waals surface area contributed by atoms with E-state index in [9.17, 15) is 14.4 Å². The van der Waals surface area contributed by atoms with Crippen LogP contribution in [0, 0.1) is 0 Å². The van der Waals surface area contributed by atoms with Crippen molar-refractivity contribution < 1.29 is 14.4 Å². The molecule has 8 nitrogen and oxygen atoms in total. The highest BCUT2D eigenvalue weighted by molar-refractivity contribution is 5.86. The third-order valence-electron chi connectivity index (χ3n) is 3.21. The van der Waals surface area contributed by atoms with E-state index >= 15 is 0 Å². The third-order valence-corrected chi connectivity index (χ3v) is 3.21. The molecule has 18 heavy (non-hydrogen) atoms. The van der Waals surface area contributed by atoms with Gasteiger partial charge in [0.1, 0.15) is 0 Å². The van der Waals surface area contributed by atoms with Gasteiger partial charge in [-0.3, -0.25) is 9.59 Å². The fourth-order valence-electron chi connectivity index (χ4n) is 2.19. The maximum atomic E-state index is 11.8.